The summed E-state index contributed by atoms with van der Waals surface area (Å²) in [5.41, 5.74) is 7.17. The van der Waals surface area contributed by atoms with Gasteiger partial charge in [-0.1, -0.05) is 29.4 Å². The molecule has 6 heteroatoms. The van der Waals surface area contributed by atoms with Crippen molar-refractivity contribution in [2.24, 2.45) is 5.73 Å². The minimum Gasteiger partial charge on any atom is -0.380 e. The highest BCUT2D eigenvalue weighted by atomic mass is 16.5. The number of rotatable bonds is 5. The highest BCUT2D eigenvalue weighted by Gasteiger charge is 2.14. The third-order valence-electron chi connectivity index (χ3n) is 3.29. The molecule has 21 heavy (non-hydrogen) atoms. The molecule has 0 aliphatic heterocycles. The van der Waals surface area contributed by atoms with Crippen LogP contribution >= 0.6 is 0 Å². The monoisotopic (exact) mass is 284 g/mol. The van der Waals surface area contributed by atoms with Crippen molar-refractivity contribution in [1.82, 2.24) is 15.1 Å². The van der Waals surface area contributed by atoms with E-state index in [2.05, 4.69) is 15.1 Å². The van der Waals surface area contributed by atoms with E-state index in [1.165, 1.54) is 0 Å². The third kappa shape index (κ3) is 2.91. The Balaban J connectivity index is 1.87. The summed E-state index contributed by atoms with van der Waals surface area (Å²) in [4.78, 5) is 8.88. The Hall–Kier alpha value is -2.31. The second-order valence-corrected chi connectivity index (χ2v) is 4.70. The first-order valence-electron chi connectivity index (χ1n) is 6.72. The number of nitrogens with two attached hydrogens (primary N) is 1. The number of benzene rings is 1. The number of aromatic nitrogens is 3. The van der Waals surface area contributed by atoms with Crippen molar-refractivity contribution in [2.45, 2.75) is 12.5 Å². The topological polar surface area (TPSA) is 87.1 Å². The maximum atomic E-state index is 5.58. The van der Waals surface area contributed by atoms with Crippen LogP contribution in [0.4, 0.5) is 0 Å². The fourth-order valence-corrected chi connectivity index (χ4v) is 2.09. The summed E-state index contributed by atoms with van der Waals surface area (Å²) in [6.07, 6.45) is 0.371. The van der Waals surface area contributed by atoms with Crippen LogP contribution in [-0.4, -0.2) is 34.9 Å². The summed E-state index contributed by atoms with van der Waals surface area (Å²) < 4.78 is 10.4. The van der Waals surface area contributed by atoms with E-state index in [4.69, 9.17) is 15.0 Å². The number of fused-ring (bicyclic) bond motifs is 1. The van der Waals surface area contributed by atoms with Gasteiger partial charge in [0.25, 0.3) is 0 Å². The molecule has 1 unspecified atom stereocenters. The summed E-state index contributed by atoms with van der Waals surface area (Å²) in [5.74, 6) is 0.972. The molecule has 3 aromatic rings. The number of ether oxygens (including phenoxy) is 1. The lowest BCUT2D eigenvalue weighted by molar-refractivity contribution is 0.102. The molecule has 0 aliphatic carbocycles. The van der Waals surface area contributed by atoms with Crippen molar-refractivity contribution >= 4 is 10.9 Å². The molecule has 1 atom stereocenters. The zero-order valence-electron chi connectivity index (χ0n) is 11.7. The second kappa shape index (κ2) is 5.99. The van der Waals surface area contributed by atoms with E-state index in [9.17, 15) is 0 Å². The summed E-state index contributed by atoms with van der Waals surface area (Å²) in [5, 5.41) is 5.05. The van der Waals surface area contributed by atoms with E-state index in [0.717, 1.165) is 10.9 Å². The molecule has 3 rings (SSSR count). The molecule has 0 aliphatic rings. The van der Waals surface area contributed by atoms with Gasteiger partial charge in [-0.2, -0.15) is 4.98 Å². The van der Waals surface area contributed by atoms with Crippen molar-refractivity contribution in [2.75, 3.05) is 13.7 Å². The number of hydrogen-bond donors (Lipinski definition) is 1. The first kappa shape index (κ1) is 13.7. The molecule has 6 nitrogen and oxygen atoms in total. The zero-order valence-corrected chi connectivity index (χ0v) is 11.7. The van der Waals surface area contributed by atoms with Gasteiger partial charge >= 0.3 is 0 Å². The highest BCUT2D eigenvalue weighted by molar-refractivity contribution is 5.80. The van der Waals surface area contributed by atoms with Gasteiger partial charge in [-0.25, -0.2) is 4.98 Å². The maximum absolute atomic E-state index is 5.58. The van der Waals surface area contributed by atoms with Gasteiger partial charge in [0.15, 0.2) is 0 Å². The minimum atomic E-state index is -0.122. The van der Waals surface area contributed by atoms with Gasteiger partial charge in [-0.3, -0.25) is 0 Å². The predicted octanol–water partition coefficient (Wildman–Crippen LogP) is 1.80. The molecular weight excluding hydrogens is 268 g/mol. The molecule has 108 valence electrons. The molecular formula is C15H16N4O2. The predicted molar refractivity (Wildman–Crippen MR) is 78.6 cm³/mol. The van der Waals surface area contributed by atoms with Crippen molar-refractivity contribution in [3.05, 3.63) is 42.3 Å². The molecule has 0 amide bonds. The second-order valence-electron chi connectivity index (χ2n) is 4.70. The Kier molecular flexibility index (Phi) is 3.89. The van der Waals surface area contributed by atoms with Gasteiger partial charge in [0.1, 0.15) is 5.69 Å². The fourth-order valence-electron chi connectivity index (χ4n) is 2.09. The van der Waals surface area contributed by atoms with E-state index in [1.807, 2.05) is 36.4 Å². The molecule has 2 aromatic heterocycles. The van der Waals surface area contributed by atoms with Crippen LogP contribution in [0.1, 0.15) is 5.89 Å². The van der Waals surface area contributed by atoms with Crippen molar-refractivity contribution < 1.29 is 9.26 Å². The van der Waals surface area contributed by atoms with Gasteiger partial charge < -0.3 is 15.0 Å². The van der Waals surface area contributed by atoms with E-state index < -0.39 is 0 Å². The number of methoxy groups -OCH3 is 1. The van der Waals surface area contributed by atoms with E-state index in [0.29, 0.717) is 30.4 Å². The fraction of sp³-hybridized carbons (Fsp3) is 0.267. The van der Waals surface area contributed by atoms with Crippen LogP contribution < -0.4 is 5.73 Å². The zero-order chi connectivity index (χ0) is 14.7. The smallest absolute Gasteiger partial charge is 0.229 e. The first-order valence-corrected chi connectivity index (χ1v) is 6.72. The van der Waals surface area contributed by atoms with Crippen molar-refractivity contribution in [1.29, 1.82) is 0 Å². The Labute approximate surface area is 121 Å². The molecule has 0 saturated heterocycles. The highest BCUT2D eigenvalue weighted by Crippen LogP contribution is 2.18. The Morgan fingerprint density at radius 3 is 2.86 bits per heavy atom. The molecule has 0 fully saturated rings. The lowest BCUT2D eigenvalue weighted by Gasteiger charge is -2.08. The molecule has 2 N–H and O–H groups in total. The van der Waals surface area contributed by atoms with Gasteiger partial charge in [0.2, 0.25) is 11.7 Å². The molecule has 0 radical (unpaired) electrons. The Morgan fingerprint density at radius 1 is 1.19 bits per heavy atom. The van der Waals surface area contributed by atoms with E-state index >= 15 is 0 Å². The van der Waals surface area contributed by atoms with Crippen LogP contribution in [0.5, 0.6) is 0 Å². The van der Waals surface area contributed by atoms with Crippen LogP contribution in [0.3, 0.4) is 0 Å². The van der Waals surface area contributed by atoms with Crippen LogP contribution in [0, 0.1) is 0 Å². The van der Waals surface area contributed by atoms with Gasteiger partial charge in [0, 0.05) is 19.0 Å². The first-order chi connectivity index (χ1) is 10.3. The Bertz CT molecular complexity index is 737. The number of para-hydroxylation sites is 1. The van der Waals surface area contributed by atoms with Crippen LogP contribution in [0.2, 0.25) is 0 Å². The van der Waals surface area contributed by atoms with Crippen molar-refractivity contribution in [3.63, 3.8) is 0 Å². The number of pyridine rings is 1. The summed E-state index contributed by atoms with van der Waals surface area (Å²) in [6, 6.07) is 11.8. The summed E-state index contributed by atoms with van der Waals surface area (Å²) >= 11 is 0. The summed E-state index contributed by atoms with van der Waals surface area (Å²) in [6.45, 7) is 0.405. The summed E-state index contributed by atoms with van der Waals surface area (Å²) in [7, 11) is 1.61. The van der Waals surface area contributed by atoms with Gasteiger partial charge in [-0.05, 0) is 12.1 Å². The molecule has 0 spiro atoms. The lowest BCUT2D eigenvalue weighted by atomic mass is 10.2. The lowest BCUT2D eigenvalue weighted by Crippen LogP contribution is -2.24. The SMILES string of the molecule is COC(CN)Cc1nc(-c2ccc3ccccc3n2)no1. The Morgan fingerprint density at radius 2 is 2.05 bits per heavy atom. The normalized spacial score (nSPS) is 12.7. The van der Waals surface area contributed by atoms with Crippen LogP contribution in [-0.2, 0) is 11.2 Å². The molecule has 0 bridgehead atoms. The number of hydrogen-bond acceptors (Lipinski definition) is 6. The van der Waals surface area contributed by atoms with Crippen LogP contribution in [0.15, 0.2) is 40.9 Å². The van der Waals surface area contributed by atoms with Gasteiger partial charge in [-0.15, -0.1) is 0 Å². The average molecular weight is 284 g/mol. The van der Waals surface area contributed by atoms with Crippen LogP contribution in [0.25, 0.3) is 22.4 Å². The van der Waals surface area contributed by atoms with E-state index in [1.54, 1.807) is 7.11 Å². The molecule has 2 heterocycles. The standard InChI is InChI=1S/C15H16N4O2/c1-20-11(9-16)8-14-18-15(19-21-14)13-7-6-10-4-2-3-5-12(10)17-13/h2-7,11H,8-9,16H2,1H3. The largest absolute Gasteiger partial charge is 0.380 e. The minimum absolute atomic E-state index is 0.122. The number of nitrogens with zero attached hydrogens (tertiary/aromatic N) is 3. The molecule has 1 aromatic carbocycles. The van der Waals surface area contributed by atoms with E-state index in [-0.39, 0.29) is 6.10 Å². The third-order valence-corrected chi connectivity index (χ3v) is 3.29. The average Bonchev–Trinajstić information content (AvgIpc) is 3.00. The maximum Gasteiger partial charge on any atom is 0.229 e. The van der Waals surface area contributed by atoms with Crippen molar-refractivity contribution in [3.8, 4) is 11.5 Å². The molecule has 0 saturated carbocycles. The van der Waals surface area contributed by atoms with Gasteiger partial charge in [0.05, 0.1) is 18.0 Å². The quantitative estimate of drug-likeness (QED) is 0.768.